The number of benzene rings is 1. The van der Waals surface area contributed by atoms with Gasteiger partial charge in [0.1, 0.15) is 5.54 Å². The molecule has 0 radical (unpaired) electrons. The van der Waals surface area contributed by atoms with Crippen LogP contribution in [0.2, 0.25) is 0 Å². The molecule has 0 aliphatic rings. The fourth-order valence-corrected chi connectivity index (χ4v) is 3.97. The molecule has 0 saturated carbocycles. The molecule has 22 heavy (non-hydrogen) atoms. The molecule has 1 atom stereocenters. The fraction of sp³-hybridized carbons (Fsp3) is 0.389. The van der Waals surface area contributed by atoms with E-state index in [1.54, 1.807) is 11.3 Å². The van der Waals surface area contributed by atoms with Crippen molar-refractivity contribution in [2.75, 3.05) is 11.4 Å². The van der Waals surface area contributed by atoms with Crippen molar-refractivity contribution < 1.29 is 4.79 Å². The third-order valence-electron chi connectivity index (χ3n) is 3.91. The maximum atomic E-state index is 12.6. The van der Waals surface area contributed by atoms with Gasteiger partial charge in [0.25, 0.3) is 0 Å². The van der Waals surface area contributed by atoms with Crippen molar-refractivity contribution in [2.45, 2.75) is 32.7 Å². The number of carbonyl (C=O) groups is 1. The summed E-state index contributed by atoms with van der Waals surface area (Å²) in [6.45, 7) is 7.05. The highest BCUT2D eigenvalue weighted by Gasteiger charge is 2.44. The Bertz CT molecular complexity index is 595. The summed E-state index contributed by atoms with van der Waals surface area (Å²) in [4.78, 5) is 14.8. The van der Waals surface area contributed by atoms with Crippen LogP contribution in [0.25, 0.3) is 0 Å². The first kappa shape index (κ1) is 16.6. The largest absolute Gasteiger partial charge is 0.367 e. The highest BCUT2D eigenvalue weighted by molar-refractivity contribution is 7.14. The number of hydrogen-bond acceptors (Lipinski definition) is 3. The average Bonchev–Trinajstić information content (AvgIpc) is 3.01. The van der Waals surface area contributed by atoms with E-state index in [1.807, 2.05) is 41.8 Å². The van der Waals surface area contributed by atoms with Crippen molar-refractivity contribution in [2.24, 2.45) is 11.7 Å². The molecular weight excluding hydrogens is 292 g/mol. The molecule has 0 fully saturated rings. The summed E-state index contributed by atoms with van der Waals surface area (Å²) in [6, 6.07) is 14.0. The van der Waals surface area contributed by atoms with Crippen LogP contribution in [-0.4, -0.2) is 12.5 Å². The lowest BCUT2D eigenvalue weighted by Gasteiger charge is -2.43. The minimum atomic E-state index is -0.810. The molecule has 0 aliphatic heterocycles. The number of thiophene rings is 1. The number of amides is 1. The Balaban J connectivity index is 2.64. The standard InChI is InChI=1S/C18H24N2OS/c1-4-20(16-11-8-12-22-16)18(17(19)21,13-14(2)3)15-9-6-5-7-10-15/h5-12,14H,4,13H2,1-3H3,(H2,19,21)/t18-/m1/s1. The van der Waals surface area contributed by atoms with Gasteiger partial charge in [-0.15, -0.1) is 11.3 Å². The zero-order valence-electron chi connectivity index (χ0n) is 13.5. The summed E-state index contributed by atoms with van der Waals surface area (Å²) in [7, 11) is 0. The third kappa shape index (κ3) is 3.02. The van der Waals surface area contributed by atoms with Crippen molar-refractivity contribution >= 4 is 22.2 Å². The van der Waals surface area contributed by atoms with Crippen LogP contribution >= 0.6 is 11.3 Å². The maximum absolute atomic E-state index is 12.6. The summed E-state index contributed by atoms with van der Waals surface area (Å²) in [5.74, 6) is 0.0596. The zero-order valence-corrected chi connectivity index (χ0v) is 14.3. The van der Waals surface area contributed by atoms with Crippen molar-refractivity contribution in [3.8, 4) is 0 Å². The molecule has 0 saturated heterocycles. The number of rotatable bonds is 7. The molecule has 2 rings (SSSR count). The number of primary amides is 1. The van der Waals surface area contributed by atoms with Gasteiger partial charge in [-0.2, -0.15) is 0 Å². The lowest BCUT2D eigenvalue weighted by molar-refractivity contribution is -0.124. The first-order valence-electron chi connectivity index (χ1n) is 7.69. The SMILES string of the molecule is CCN(c1cccs1)[C@@](CC(C)C)(C(N)=O)c1ccccc1. The van der Waals surface area contributed by atoms with E-state index >= 15 is 0 Å². The number of likely N-dealkylation sites (N-methyl/N-ethyl adjacent to an activating group) is 1. The topological polar surface area (TPSA) is 46.3 Å². The third-order valence-corrected chi connectivity index (χ3v) is 4.80. The molecule has 118 valence electrons. The van der Waals surface area contributed by atoms with E-state index in [9.17, 15) is 4.79 Å². The van der Waals surface area contributed by atoms with Crippen LogP contribution < -0.4 is 10.6 Å². The van der Waals surface area contributed by atoms with E-state index in [0.717, 1.165) is 17.1 Å². The average molecular weight is 316 g/mol. The fourth-order valence-electron chi connectivity index (χ4n) is 3.10. The van der Waals surface area contributed by atoms with Gasteiger partial charge >= 0.3 is 0 Å². The van der Waals surface area contributed by atoms with Gasteiger partial charge < -0.3 is 10.6 Å². The Kier molecular flexibility index (Phi) is 5.24. The van der Waals surface area contributed by atoms with E-state index in [1.165, 1.54) is 0 Å². The maximum Gasteiger partial charge on any atom is 0.248 e. The van der Waals surface area contributed by atoms with Gasteiger partial charge in [-0.25, -0.2) is 0 Å². The Morgan fingerprint density at radius 2 is 1.91 bits per heavy atom. The molecule has 4 heteroatoms. The van der Waals surface area contributed by atoms with Crippen LogP contribution in [-0.2, 0) is 10.3 Å². The Morgan fingerprint density at radius 1 is 1.23 bits per heavy atom. The lowest BCUT2D eigenvalue weighted by atomic mass is 9.80. The molecule has 1 amide bonds. The second-order valence-corrected chi connectivity index (χ2v) is 6.81. The normalized spacial score (nSPS) is 13.8. The summed E-state index contributed by atoms with van der Waals surface area (Å²) >= 11 is 1.64. The number of anilines is 1. The molecular formula is C18H24N2OS. The number of nitrogens with two attached hydrogens (primary N) is 1. The molecule has 1 aromatic carbocycles. The summed E-state index contributed by atoms with van der Waals surface area (Å²) in [5.41, 5.74) is 6.11. The number of carbonyl (C=O) groups excluding carboxylic acids is 1. The quantitative estimate of drug-likeness (QED) is 0.839. The lowest BCUT2D eigenvalue weighted by Crippen LogP contribution is -2.56. The molecule has 0 spiro atoms. The van der Waals surface area contributed by atoms with E-state index < -0.39 is 5.54 Å². The van der Waals surface area contributed by atoms with Crippen molar-refractivity contribution in [1.82, 2.24) is 0 Å². The molecule has 2 N–H and O–H groups in total. The number of nitrogens with zero attached hydrogens (tertiary/aromatic N) is 1. The van der Waals surface area contributed by atoms with Crippen LogP contribution in [0.15, 0.2) is 47.8 Å². The Labute approximate surface area is 136 Å². The minimum absolute atomic E-state index is 0.289. The molecule has 3 nitrogen and oxygen atoms in total. The molecule has 0 unspecified atom stereocenters. The van der Waals surface area contributed by atoms with E-state index in [4.69, 9.17) is 5.73 Å². The van der Waals surface area contributed by atoms with Crippen LogP contribution in [0.1, 0.15) is 32.8 Å². The summed E-state index contributed by atoms with van der Waals surface area (Å²) in [6.07, 6.45) is 0.693. The molecule has 1 aromatic heterocycles. The predicted octanol–water partition coefficient (Wildman–Crippen LogP) is 4.00. The monoisotopic (exact) mass is 316 g/mol. The van der Waals surface area contributed by atoms with Gasteiger partial charge in [-0.05, 0) is 42.3 Å². The van der Waals surface area contributed by atoms with Crippen LogP contribution in [0.4, 0.5) is 5.00 Å². The second kappa shape index (κ2) is 6.97. The molecule has 1 heterocycles. The smallest absolute Gasteiger partial charge is 0.248 e. The van der Waals surface area contributed by atoms with Crippen LogP contribution in [0, 0.1) is 5.92 Å². The highest BCUT2D eigenvalue weighted by Crippen LogP contribution is 2.40. The zero-order chi connectivity index (χ0) is 16.2. The van der Waals surface area contributed by atoms with E-state index in [-0.39, 0.29) is 5.91 Å². The molecule has 2 aromatic rings. The Hall–Kier alpha value is -1.81. The van der Waals surface area contributed by atoms with E-state index in [0.29, 0.717) is 12.3 Å². The van der Waals surface area contributed by atoms with Crippen molar-refractivity contribution in [3.63, 3.8) is 0 Å². The first-order chi connectivity index (χ1) is 10.5. The Morgan fingerprint density at radius 3 is 2.36 bits per heavy atom. The van der Waals surface area contributed by atoms with Crippen LogP contribution in [0.5, 0.6) is 0 Å². The van der Waals surface area contributed by atoms with Gasteiger partial charge in [-0.1, -0.05) is 44.2 Å². The summed E-state index contributed by atoms with van der Waals surface area (Å²) < 4.78 is 0. The van der Waals surface area contributed by atoms with Gasteiger partial charge in [-0.3, -0.25) is 4.79 Å². The van der Waals surface area contributed by atoms with E-state index in [2.05, 4.69) is 31.7 Å². The summed E-state index contributed by atoms with van der Waals surface area (Å²) in [5, 5.41) is 3.11. The van der Waals surface area contributed by atoms with Gasteiger partial charge in [0.2, 0.25) is 5.91 Å². The molecule has 0 bridgehead atoms. The molecule has 0 aliphatic carbocycles. The second-order valence-electron chi connectivity index (χ2n) is 5.88. The first-order valence-corrected chi connectivity index (χ1v) is 8.57. The van der Waals surface area contributed by atoms with Gasteiger partial charge in [0.05, 0.1) is 5.00 Å². The van der Waals surface area contributed by atoms with Crippen LogP contribution in [0.3, 0.4) is 0 Å². The van der Waals surface area contributed by atoms with Gasteiger partial charge in [0.15, 0.2) is 0 Å². The van der Waals surface area contributed by atoms with Gasteiger partial charge in [0, 0.05) is 6.54 Å². The number of hydrogen-bond donors (Lipinski definition) is 1. The van der Waals surface area contributed by atoms with Crippen molar-refractivity contribution in [3.05, 3.63) is 53.4 Å². The predicted molar refractivity (Wildman–Crippen MR) is 94.1 cm³/mol. The highest BCUT2D eigenvalue weighted by atomic mass is 32.1. The van der Waals surface area contributed by atoms with Crippen molar-refractivity contribution in [1.29, 1.82) is 0 Å². The minimum Gasteiger partial charge on any atom is -0.367 e.